The maximum absolute atomic E-state index is 14.5. The van der Waals surface area contributed by atoms with Gasteiger partial charge in [0.1, 0.15) is 23.4 Å². The Morgan fingerprint density at radius 1 is 0.905 bits per heavy atom. The van der Waals surface area contributed by atoms with Gasteiger partial charge in [-0.15, -0.1) is 0 Å². The number of alkyl carbamates (subject to hydrolysis) is 1. The van der Waals surface area contributed by atoms with Gasteiger partial charge in [-0.25, -0.2) is 4.79 Å². The van der Waals surface area contributed by atoms with Crippen LogP contribution in [0.3, 0.4) is 0 Å². The molecule has 0 saturated heterocycles. The Balaban J connectivity index is 2.54. The predicted molar refractivity (Wildman–Crippen MR) is 167 cm³/mol. The van der Waals surface area contributed by atoms with E-state index in [0.717, 1.165) is 61.6 Å². The minimum atomic E-state index is -0.991. The first-order valence-corrected chi connectivity index (χ1v) is 15.4. The lowest BCUT2D eigenvalue weighted by Crippen LogP contribution is -2.54. The van der Waals surface area contributed by atoms with Gasteiger partial charge in [-0.2, -0.15) is 0 Å². The summed E-state index contributed by atoms with van der Waals surface area (Å²) in [5, 5.41) is 15.6. The number of phenolic OH excluding ortho intramolecular Hbond substituents is 1. The Kier molecular flexibility index (Phi) is 14.4. The molecular weight excluding hydrogens is 530 g/mol. The van der Waals surface area contributed by atoms with Crippen molar-refractivity contribution in [3.63, 3.8) is 0 Å². The van der Waals surface area contributed by atoms with Crippen molar-refractivity contribution in [1.82, 2.24) is 15.5 Å². The topological polar surface area (TPSA) is 108 Å². The SMILES string of the molecule is CCCCCCCN(C(=O)C(Cc1ccc(O)cc1)NC(=O)OC(C)(C)C)C(C(=O)NCCCC)c1ccccc1C. The van der Waals surface area contributed by atoms with Gasteiger partial charge < -0.3 is 25.4 Å². The first kappa shape index (κ1) is 34.7. The molecule has 2 unspecified atom stereocenters. The van der Waals surface area contributed by atoms with Crippen LogP contribution in [0.25, 0.3) is 0 Å². The van der Waals surface area contributed by atoms with Gasteiger partial charge in [0.2, 0.25) is 11.8 Å². The highest BCUT2D eigenvalue weighted by Crippen LogP contribution is 2.27. The van der Waals surface area contributed by atoms with E-state index in [9.17, 15) is 19.5 Å². The molecule has 0 radical (unpaired) electrons. The molecule has 8 nitrogen and oxygen atoms in total. The van der Waals surface area contributed by atoms with E-state index in [2.05, 4.69) is 24.5 Å². The number of carbonyl (C=O) groups excluding carboxylic acids is 3. The molecule has 0 fully saturated rings. The number of carbonyl (C=O) groups is 3. The maximum atomic E-state index is 14.5. The van der Waals surface area contributed by atoms with E-state index in [-0.39, 0.29) is 24.0 Å². The number of aromatic hydroxyl groups is 1. The average Bonchev–Trinajstić information content (AvgIpc) is 2.92. The fourth-order valence-electron chi connectivity index (χ4n) is 4.80. The number of ether oxygens (including phenoxy) is 1. The maximum Gasteiger partial charge on any atom is 0.408 e. The summed E-state index contributed by atoms with van der Waals surface area (Å²) in [5.74, 6) is -0.484. The fraction of sp³-hybridized carbons (Fsp3) is 0.559. The van der Waals surface area contributed by atoms with Crippen LogP contribution in [-0.2, 0) is 20.7 Å². The third-order valence-corrected chi connectivity index (χ3v) is 7.02. The van der Waals surface area contributed by atoms with Gasteiger partial charge in [0, 0.05) is 19.5 Å². The molecule has 2 aromatic rings. The van der Waals surface area contributed by atoms with Crippen LogP contribution in [0.15, 0.2) is 48.5 Å². The van der Waals surface area contributed by atoms with E-state index in [1.54, 1.807) is 49.9 Å². The van der Waals surface area contributed by atoms with Crippen LogP contribution >= 0.6 is 0 Å². The van der Waals surface area contributed by atoms with Crippen molar-refractivity contribution in [1.29, 1.82) is 0 Å². The zero-order valence-corrected chi connectivity index (χ0v) is 26.4. The molecule has 2 rings (SSSR count). The van der Waals surface area contributed by atoms with Crippen molar-refractivity contribution in [3.05, 3.63) is 65.2 Å². The number of benzene rings is 2. The van der Waals surface area contributed by atoms with E-state index in [4.69, 9.17) is 4.74 Å². The lowest BCUT2D eigenvalue weighted by molar-refractivity contribution is -0.142. The van der Waals surface area contributed by atoms with E-state index in [0.29, 0.717) is 13.1 Å². The number of rotatable bonds is 16. The normalized spacial score (nSPS) is 12.7. The van der Waals surface area contributed by atoms with Crippen LogP contribution in [0.4, 0.5) is 4.79 Å². The molecule has 3 N–H and O–H groups in total. The van der Waals surface area contributed by atoms with Crippen molar-refractivity contribution in [2.24, 2.45) is 0 Å². The second-order valence-electron chi connectivity index (χ2n) is 11.9. The summed E-state index contributed by atoms with van der Waals surface area (Å²) < 4.78 is 5.52. The molecule has 0 aromatic heterocycles. The van der Waals surface area contributed by atoms with Crippen LogP contribution in [0, 0.1) is 6.92 Å². The molecule has 42 heavy (non-hydrogen) atoms. The van der Waals surface area contributed by atoms with Gasteiger partial charge in [-0.05, 0) is 69.4 Å². The molecule has 2 atom stereocenters. The van der Waals surface area contributed by atoms with Gasteiger partial charge in [0.15, 0.2) is 0 Å². The number of hydrogen-bond donors (Lipinski definition) is 3. The smallest absolute Gasteiger partial charge is 0.408 e. The zero-order valence-electron chi connectivity index (χ0n) is 26.4. The lowest BCUT2D eigenvalue weighted by atomic mass is 9.96. The number of amides is 3. The summed E-state index contributed by atoms with van der Waals surface area (Å²) >= 11 is 0. The Bertz CT molecular complexity index is 1130. The molecule has 8 heteroatoms. The quantitative estimate of drug-likeness (QED) is 0.194. The molecule has 0 saturated carbocycles. The zero-order chi connectivity index (χ0) is 31.1. The minimum absolute atomic E-state index is 0.110. The molecular formula is C34H51N3O5. The third-order valence-electron chi connectivity index (χ3n) is 7.02. The molecule has 0 bridgehead atoms. The number of phenols is 1. The lowest BCUT2D eigenvalue weighted by Gasteiger charge is -2.35. The Morgan fingerprint density at radius 3 is 2.17 bits per heavy atom. The van der Waals surface area contributed by atoms with Crippen LogP contribution in [0.5, 0.6) is 5.75 Å². The Hall–Kier alpha value is -3.55. The number of aryl methyl sites for hydroxylation is 1. The highest BCUT2D eigenvalue weighted by Gasteiger charge is 2.36. The number of hydrogen-bond acceptors (Lipinski definition) is 5. The first-order chi connectivity index (χ1) is 20.0. The van der Waals surface area contributed by atoms with Crippen molar-refractivity contribution in [2.75, 3.05) is 13.1 Å². The van der Waals surface area contributed by atoms with E-state index in [1.807, 2.05) is 31.2 Å². The fourth-order valence-corrected chi connectivity index (χ4v) is 4.80. The predicted octanol–water partition coefficient (Wildman–Crippen LogP) is 6.59. The van der Waals surface area contributed by atoms with Crippen LogP contribution in [-0.4, -0.2) is 52.6 Å². The average molecular weight is 582 g/mol. The summed E-state index contributed by atoms with van der Waals surface area (Å²) in [5.41, 5.74) is 1.67. The largest absolute Gasteiger partial charge is 0.508 e. The molecule has 0 heterocycles. The van der Waals surface area contributed by atoms with Gasteiger partial charge in [0.05, 0.1) is 0 Å². The molecule has 0 aliphatic heterocycles. The molecule has 2 aromatic carbocycles. The van der Waals surface area contributed by atoms with E-state index < -0.39 is 23.8 Å². The summed E-state index contributed by atoms with van der Waals surface area (Å²) in [6, 6.07) is 12.3. The molecule has 0 aliphatic carbocycles. The monoisotopic (exact) mass is 581 g/mol. The van der Waals surface area contributed by atoms with Gasteiger partial charge in [-0.1, -0.05) is 82.3 Å². The van der Waals surface area contributed by atoms with Crippen molar-refractivity contribution >= 4 is 17.9 Å². The molecule has 0 aliphatic rings. The first-order valence-electron chi connectivity index (χ1n) is 15.4. The second-order valence-corrected chi connectivity index (χ2v) is 11.9. The van der Waals surface area contributed by atoms with Crippen LogP contribution in [0.1, 0.15) is 102 Å². The highest BCUT2D eigenvalue weighted by atomic mass is 16.6. The third kappa shape index (κ3) is 11.7. The number of nitrogens with one attached hydrogen (secondary N) is 2. The summed E-state index contributed by atoms with van der Waals surface area (Å²) in [4.78, 5) is 42.9. The minimum Gasteiger partial charge on any atom is -0.508 e. The van der Waals surface area contributed by atoms with E-state index in [1.165, 1.54) is 0 Å². The second kappa shape index (κ2) is 17.4. The van der Waals surface area contributed by atoms with Gasteiger partial charge >= 0.3 is 6.09 Å². The highest BCUT2D eigenvalue weighted by molar-refractivity contribution is 5.92. The standard InChI is InChI=1S/C34H51N3O5/c1-7-9-11-12-15-23-37(30(31(39)35-22-10-8-2)28-17-14-13-16-25(28)3)32(40)29(36-33(41)42-34(4,5)6)24-26-18-20-27(38)21-19-26/h13-14,16-21,29-30,38H,7-12,15,22-24H2,1-6H3,(H,35,39)(H,36,41). The molecule has 0 spiro atoms. The van der Waals surface area contributed by atoms with Crippen LogP contribution in [0.2, 0.25) is 0 Å². The Labute approximate surface area is 252 Å². The van der Waals surface area contributed by atoms with Crippen LogP contribution < -0.4 is 10.6 Å². The summed E-state index contributed by atoms with van der Waals surface area (Å²) in [6.45, 7) is 12.3. The number of nitrogens with zero attached hydrogens (tertiary/aromatic N) is 1. The summed E-state index contributed by atoms with van der Waals surface area (Å²) in [6.07, 6.45) is 6.14. The number of unbranched alkanes of at least 4 members (excludes halogenated alkanes) is 5. The van der Waals surface area contributed by atoms with Gasteiger partial charge in [-0.3, -0.25) is 9.59 Å². The van der Waals surface area contributed by atoms with E-state index >= 15 is 0 Å². The Morgan fingerprint density at radius 2 is 1.55 bits per heavy atom. The van der Waals surface area contributed by atoms with Crippen molar-refractivity contribution in [2.45, 2.75) is 111 Å². The van der Waals surface area contributed by atoms with Crippen molar-refractivity contribution < 1.29 is 24.2 Å². The molecule has 3 amide bonds. The molecule has 232 valence electrons. The van der Waals surface area contributed by atoms with Gasteiger partial charge in [0.25, 0.3) is 0 Å². The summed E-state index contributed by atoms with van der Waals surface area (Å²) in [7, 11) is 0. The van der Waals surface area contributed by atoms with Crippen molar-refractivity contribution in [3.8, 4) is 5.75 Å².